The summed E-state index contributed by atoms with van der Waals surface area (Å²) in [6.45, 7) is 0. The molecule has 0 N–H and O–H groups in total. The summed E-state index contributed by atoms with van der Waals surface area (Å²) in [5, 5.41) is 11.3. The topological polar surface area (TPSA) is 76.3 Å². The molecule has 1 unspecified atom stereocenters. The molecule has 0 bridgehead atoms. The van der Waals surface area contributed by atoms with Crippen molar-refractivity contribution >= 4 is 23.4 Å². The van der Waals surface area contributed by atoms with E-state index in [0.717, 1.165) is 31.0 Å². The van der Waals surface area contributed by atoms with Gasteiger partial charge in [0.1, 0.15) is 0 Å². The van der Waals surface area contributed by atoms with Crippen LogP contribution in [0.15, 0.2) is 47.6 Å². The summed E-state index contributed by atoms with van der Waals surface area (Å²) in [6, 6.07) is 11.2. The Morgan fingerprint density at radius 1 is 1.36 bits per heavy atom. The molecule has 6 nitrogen and oxygen atoms in total. The minimum Gasteiger partial charge on any atom is -0.338 e. The maximum atomic E-state index is 12.6. The number of pyridine rings is 1. The molecule has 0 fully saturated rings. The van der Waals surface area contributed by atoms with Gasteiger partial charge in [0.25, 0.3) is 0 Å². The van der Waals surface area contributed by atoms with Crippen LogP contribution >= 0.6 is 11.8 Å². The van der Waals surface area contributed by atoms with E-state index < -0.39 is 4.92 Å². The summed E-state index contributed by atoms with van der Waals surface area (Å²) >= 11 is 1.11. The molecule has 130 valence electrons. The molecule has 0 saturated heterocycles. The molecular weight excluding hydrogens is 338 g/mol. The van der Waals surface area contributed by atoms with Crippen LogP contribution in [-0.2, 0) is 11.2 Å². The van der Waals surface area contributed by atoms with E-state index in [1.54, 1.807) is 4.90 Å². The van der Waals surface area contributed by atoms with E-state index in [1.165, 1.54) is 29.5 Å². The molecule has 1 atom stereocenters. The number of hydrogen-bond acceptors (Lipinski definition) is 5. The number of carbonyl (C=O) groups is 1. The van der Waals surface area contributed by atoms with Crippen molar-refractivity contribution in [2.45, 2.75) is 30.3 Å². The fourth-order valence-corrected chi connectivity index (χ4v) is 4.06. The molecule has 1 heterocycles. The highest BCUT2D eigenvalue weighted by atomic mass is 32.2. The van der Waals surface area contributed by atoms with Crippen molar-refractivity contribution in [3.05, 3.63) is 63.8 Å². The van der Waals surface area contributed by atoms with Gasteiger partial charge in [-0.1, -0.05) is 36.0 Å². The summed E-state index contributed by atoms with van der Waals surface area (Å²) in [4.78, 5) is 29.0. The van der Waals surface area contributed by atoms with Gasteiger partial charge in [0.05, 0.1) is 16.7 Å². The third-order valence-electron chi connectivity index (χ3n) is 4.48. The van der Waals surface area contributed by atoms with Gasteiger partial charge in [0.2, 0.25) is 5.91 Å². The van der Waals surface area contributed by atoms with E-state index in [9.17, 15) is 14.9 Å². The molecule has 0 spiro atoms. The Morgan fingerprint density at radius 2 is 2.16 bits per heavy atom. The first-order valence-electron chi connectivity index (χ1n) is 8.13. The Kier molecular flexibility index (Phi) is 5.33. The molecule has 0 saturated carbocycles. The predicted molar refractivity (Wildman–Crippen MR) is 96.5 cm³/mol. The van der Waals surface area contributed by atoms with Crippen LogP contribution in [0, 0.1) is 10.1 Å². The van der Waals surface area contributed by atoms with Gasteiger partial charge in [-0.05, 0) is 36.5 Å². The van der Waals surface area contributed by atoms with Crippen LogP contribution in [0.3, 0.4) is 0 Å². The highest BCUT2D eigenvalue weighted by Gasteiger charge is 2.27. The molecule has 0 radical (unpaired) electrons. The number of rotatable bonds is 5. The fourth-order valence-electron chi connectivity index (χ4n) is 3.17. The highest BCUT2D eigenvalue weighted by molar-refractivity contribution is 8.00. The Morgan fingerprint density at radius 3 is 2.96 bits per heavy atom. The van der Waals surface area contributed by atoms with Crippen molar-refractivity contribution in [2.24, 2.45) is 0 Å². The monoisotopic (exact) mass is 357 g/mol. The zero-order valence-corrected chi connectivity index (χ0v) is 14.7. The van der Waals surface area contributed by atoms with Gasteiger partial charge in [-0.2, -0.15) is 0 Å². The number of amides is 1. The first-order chi connectivity index (χ1) is 12.1. The summed E-state index contributed by atoms with van der Waals surface area (Å²) in [5.74, 6) is 0.0826. The van der Waals surface area contributed by atoms with E-state index in [2.05, 4.69) is 17.1 Å². The van der Waals surface area contributed by atoms with Gasteiger partial charge in [0, 0.05) is 19.3 Å². The van der Waals surface area contributed by atoms with Crippen LogP contribution in [0.1, 0.15) is 30.0 Å². The second kappa shape index (κ2) is 7.65. The molecule has 0 aliphatic heterocycles. The highest BCUT2D eigenvalue weighted by Crippen LogP contribution is 2.34. The molecule has 2 aromatic rings. The number of aromatic nitrogens is 1. The van der Waals surface area contributed by atoms with Gasteiger partial charge in [0.15, 0.2) is 5.03 Å². The quantitative estimate of drug-likeness (QED) is 0.464. The molecule has 1 aromatic heterocycles. The molecule has 7 heteroatoms. The summed E-state index contributed by atoms with van der Waals surface area (Å²) < 4.78 is 0. The lowest BCUT2D eigenvalue weighted by Gasteiger charge is -2.33. The van der Waals surface area contributed by atoms with E-state index in [4.69, 9.17) is 0 Å². The third-order valence-corrected chi connectivity index (χ3v) is 5.46. The SMILES string of the molecule is CN(C(=O)CSc1ncccc1[N+](=O)[O-])C1CCCc2ccccc21. The molecule has 1 aromatic carbocycles. The maximum absolute atomic E-state index is 12.6. The van der Waals surface area contributed by atoms with Gasteiger partial charge in [-0.25, -0.2) is 4.98 Å². The van der Waals surface area contributed by atoms with Crippen LogP contribution in [0.25, 0.3) is 0 Å². The summed E-state index contributed by atoms with van der Waals surface area (Å²) in [5.41, 5.74) is 2.44. The van der Waals surface area contributed by atoms with E-state index >= 15 is 0 Å². The lowest BCUT2D eigenvalue weighted by atomic mass is 9.87. The minimum atomic E-state index is -0.471. The van der Waals surface area contributed by atoms with Gasteiger partial charge in [-0.3, -0.25) is 14.9 Å². The average molecular weight is 357 g/mol. The van der Waals surface area contributed by atoms with Crippen molar-refractivity contribution in [3.8, 4) is 0 Å². The minimum absolute atomic E-state index is 0.0494. The van der Waals surface area contributed by atoms with Gasteiger partial charge < -0.3 is 4.90 Å². The number of nitro groups is 1. The zero-order chi connectivity index (χ0) is 17.8. The fraction of sp³-hybridized carbons (Fsp3) is 0.333. The lowest BCUT2D eigenvalue weighted by molar-refractivity contribution is -0.388. The van der Waals surface area contributed by atoms with Crippen LogP contribution in [0.5, 0.6) is 0 Å². The maximum Gasteiger partial charge on any atom is 0.301 e. The number of carbonyl (C=O) groups excluding carboxylic acids is 1. The number of benzene rings is 1. The lowest BCUT2D eigenvalue weighted by Crippen LogP contribution is -2.34. The van der Waals surface area contributed by atoms with Crippen molar-refractivity contribution < 1.29 is 9.72 Å². The average Bonchev–Trinajstić information content (AvgIpc) is 2.65. The number of fused-ring (bicyclic) bond motifs is 1. The summed E-state index contributed by atoms with van der Waals surface area (Å²) in [6.07, 6.45) is 4.54. The molecule has 1 aliphatic rings. The number of aryl methyl sites for hydroxylation is 1. The Labute approximate surface area is 150 Å². The van der Waals surface area contributed by atoms with Gasteiger partial charge in [-0.15, -0.1) is 0 Å². The molecule has 1 aliphatic carbocycles. The second-order valence-electron chi connectivity index (χ2n) is 5.98. The first-order valence-corrected chi connectivity index (χ1v) is 9.12. The van der Waals surface area contributed by atoms with Crippen molar-refractivity contribution in [3.63, 3.8) is 0 Å². The van der Waals surface area contributed by atoms with E-state index in [0.29, 0.717) is 0 Å². The van der Waals surface area contributed by atoms with Crippen LogP contribution in [-0.4, -0.2) is 33.5 Å². The van der Waals surface area contributed by atoms with Crippen molar-refractivity contribution in [2.75, 3.05) is 12.8 Å². The Hall–Kier alpha value is -2.41. The number of hydrogen-bond donors (Lipinski definition) is 0. The van der Waals surface area contributed by atoms with Crippen molar-refractivity contribution in [1.82, 2.24) is 9.88 Å². The van der Waals surface area contributed by atoms with Gasteiger partial charge >= 0.3 is 5.69 Å². The standard InChI is InChI=1S/C18H19N3O3S/c1-20(15-9-4-7-13-6-2-3-8-14(13)15)17(22)12-25-18-16(21(23)24)10-5-11-19-18/h2-3,5-6,8,10-11,15H,4,7,9,12H2,1H3. The van der Waals surface area contributed by atoms with E-state index in [-0.39, 0.29) is 28.4 Å². The van der Waals surface area contributed by atoms with E-state index in [1.807, 2.05) is 19.2 Å². The first kappa shape index (κ1) is 17.4. The second-order valence-corrected chi connectivity index (χ2v) is 6.95. The van der Waals surface area contributed by atoms with Crippen LogP contribution in [0.2, 0.25) is 0 Å². The van der Waals surface area contributed by atoms with Crippen LogP contribution < -0.4 is 0 Å². The predicted octanol–water partition coefficient (Wildman–Crippen LogP) is 3.62. The zero-order valence-electron chi connectivity index (χ0n) is 13.9. The summed E-state index contributed by atoms with van der Waals surface area (Å²) in [7, 11) is 1.81. The number of nitrogens with zero attached hydrogens (tertiary/aromatic N) is 3. The molecule has 1 amide bonds. The smallest absolute Gasteiger partial charge is 0.301 e. The Bertz CT molecular complexity index is 797. The molecule has 25 heavy (non-hydrogen) atoms. The van der Waals surface area contributed by atoms with Crippen molar-refractivity contribution in [1.29, 1.82) is 0 Å². The van der Waals surface area contributed by atoms with Crippen LogP contribution in [0.4, 0.5) is 5.69 Å². The molecular formula is C18H19N3O3S. The normalized spacial score (nSPS) is 16.1. The number of thioether (sulfide) groups is 1. The largest absolute Gasteiger partial charge is 0.338 e. The molecule has 3 rings (SSSR count). The third kappa shape index (κ3) is 3.82. The Balaban J connectivity index is 1.69.